The maximum absolute atomic E-state index is 13.3. The van der Waals surface area contributed by atoms with E-state index in [1.807, 2.05) is 31.2 Å². The second kappa shape index (κ2) is 8.98. The highest BCUT2D eigenvalue weighted by Gasteiger charge is 2.18. The van der Waals surface area contributed by atoms with E-state index in [-0.39, 0.29) is 17.8 Å². The maximum atomic E-state index is 13.3. The number of ether oxygens (including phenoxy) is 3. The van der Waals surface area contributed by atoms with Crippen LogP contribution in [0.3, 0.4) is 0 Å². The Hall–Kier alpha value is -4.06. The topological polar surface area (TPSA) is 75.0 Å². The first-order valence-corrected chi connectivity index (χ1v) is 10.0. The Balaban J connectivity index is 1.74. The Kier molecular flexibility index (Phi) is 5.94. The predicted octanol–water partition coefficient (Wildman–Crippen LogP) is 5.14. The van der Waals surface area contributed by atoms with E-state index in [1.165, 1.54) is 7.11 Å². The van der Waals surface area contributed by atoms with Gasteiger partial charge in [-0.25, -0.2) is 4.79 Å². The van der Waals surface area contributed by atoms with Crippen molar-refractivity contribution in [2.45, 2.75) is 13.5 Å². The molecule has 1 heterocycles. The van der Waals surface area contributed by atoms with Gasteiger partial charge in [0.1, 0.15) is 17.9 Å². The number of methoxy groups -OCH3 is 2. The zero-order valence-corrected chi connectivity index (χ0v) is 18.0. The first-order chi connectivity index (χ1) is 15.5. The lowest BCUT2D eigenvalue weighted by Gasteiger charge is -2.13. The maximum Gasteiger partial charge on any atom is 0.337 e. The fourth-order valence-corrected chi connectivity index (χ4v) is 3.36. The molecule has 6 nitrogen and oxygen atoms in total. The highest BCUT2D eigenvalue weighted by molar-refractivity contribution is 5.89. The van der Waals surface area contributed by atoms with E-state index >= 15 is 0 Å². The number of fused-ring (bicyclic) bond motifs is 1. The van der Waals surface area contributed by atoms with Crippen molar-refractivity contribution in [1.29, 1.82) is 0 Å². The smallest absolute Gasteiger partial charge is 0.337 e. The summed E-state index contributed by atoms with van der Waals surface area (Å²) in [5.41, 5.74) is 3.17. The Morgan fingerprint density at radius 2 is 1.66 bits per heavy atom. The van der Waals surface area contributed by atoms with Crippen LogP contribution in [0.2, 0.25) is 0 Å². The van der Waals surface area contributed by atoms with Gasteiger partial charge >= 0.3 is 5.97 Å². The summed E-state index contributed by atoms with van der Waals surface area (Å²) in [6.45, 7) is 2.07. The summed E-state index contributed by atoms with van der Waals surface area (Å²) in [6, 6.07) is 19.5. The van der Waals surface area contributed by atoms with Crippen LogP contribution in [-0.2, 0) is 11.3 Å². The molecule has 0 unspecified atom stereocenters. The predicted molar refractivity (Wildman–Crippen MR) is 121 cm³/mol. The van der Waals surface area contributed by atoms with Crippen molar-refractivity contribution < 1.29 is 23.4 Å². The first kappa shape index (κ1) is 21.2. The van der Waals surface area contributed by atoms with Gasteiger partial charge < -0.3 is 18.6 Å². The average Bonchev–Trinajstić information content (AvgIpc) is 2.83. The summed E-state index contributed by atoms with van der Waals surface area (Å²) in [6.07, 6.45) is 0. The Bertz CT molecular complexity index is 1320. The van der Waals surface area contributed by atoms with Gasteiger partial charge in [0.2, 0.25) is 11.2 Å². The molecule has 0 aliphatic carbocycles. The van der Waals surface area contributed by atoms with Gasteiger partial charge in [-0.1, -0.05) is 18.2 Å². The van der Waals surface area contributed by atoms with Crippen molar-refractivity contribution in [3.05, 3.63) is 93.6 Å². The second-order valence-corrected chi connectivity index (χ2v) is 7.29. The third-order valence-corrected chi connectivity index (χ3v) is 5.12. The van der Waals surface area contributed by atoms with Gasteiger partial charge in [-0.05, 0) is 66.6 Å². The number of carbonyl (C=O) groups excluding carboxylic acids is 1. The highest BCUT2D eigenvalue weighted by Crippen LogP contribution is 2.32. The summed E-state index contributed by atoms with van der Waals surface area (Å²) in [7, 11) is 2.93. The van der Waals surface area contributed by atoms with Gasteiger partial charge in [0.05, 0.1) is 25.2 Å². The van der Waals surface area contributed by atoms with Crippen molar-refractivity contribution in [3.63, 3.8) is 0 Å². The lowest BCUT2D eigenvalue weighted by molar-refractivity contribution is 0.0600. The molecule has 32 heavy (non-hydrogen) atoms. The molecule has 1 aromatic heterocycles. The molecule has 0 radical (unpaired) electrons. The van der Waals surface area contributed by atoms with Crippen molar-refractivity contribution in [2.24, 2.45) is 0 Å². The molecule has 0 amide bonds. The monoisotopic (exact) mass is 430 g/mol. The van der Waals surface area contributed by atoms with Crippen LogP contribution in [0.1, 0.15) is 21.5 Å². The number of hydrogen-bond acceptors (Lipinski definition) is 6. The van der Waals surface area contributed by atoms with E-state index in [2.05, 4.69) is 0 Å². The third-order valence-electron chi connectivity index (χ3n) is 5.12. The number of aryl methyl sites for hydroxylation is 1. The molecule has 0 bridgehead atoms. The fraction of sp³-hybridized carbons (Fsp3) is 0.154. The lowest BCUT2D eigenvalue weighted by atomic mass is 10.1. The van der Waals surface area contributed by atoms with E-state index in [0.29, 0.717) is 33.6 Å². The van der Waals surface area contributed by atoms with Crippen molar-refractivity contribution in [3.8, 4) is 22.8 Å². The number of benzene rings is 3. The van der Waals surface area contributed by atoms with E-state index in [0.717, 1.165) is 11.1 Å². The molecule has 4 aromatic rings. The molecular formula is C26H22O6. The molecule has 0 atom stereocenters. The summed E-state index contributed by atoms with van der Waals surface area (Å²) in [5, 5.41) is 0.448. The van der Waals surface area contributed by atoms with Gasteiger partial charge in [0.15, 0.2) is 5.76 Å². The first-order valence-electron chi connectivity index (χ1n) is 10.0. The van der Waals surface area contributed by atoms with Crippen molar-refractivity contribution in [1.82, 2.24) is 0 Å². The molecular weight excluding hydrogens is 408 g/mol. The lowest BCUT2D eigenvalue weighted by Crippen LogP contribution is -2.10. The summed E-state index contributed by atoms with van der Waals surface area (Å²) >= 11 is 0. The summed E-state index contributed by atoms with van der Waals surface area (Å²) < 4.78 is 22.1. The van der Waals surface area contributed by atoms with Crippen LogP contribution in [0.4, 0.5) is 0 Å². The second-order valence-electron chi connectivity index (χ2n) is 7.29. The normalized spacial score (nSPS) is 10.7. The standard InChI is InChI=1S/C26H22O6/c1-16-4-13-21-22(14-16)32-24(18-9-11-20(29-2)12-10-18)25(23(21)27)31-15-17-5-7-19(8-6-17)26(28)30-3/h4-14H,15H2,1-3H3. The molecule has 0 saturated heterocycles. The van der Waals surface area contributed by atoms with Crippen LogP contribution in [-0.4, -0.2) is 20.2 Å². The molecule has 0 aliphatic heterocycles. The zero-order chi connectivity index (χ0) is 22.7. The summed E-state index contributed by atoms with van der Waals surface area (Å²) in [5.74, 6) is 0.760. The van der Waals surface area contributed by atoms with Gasteiger partial charge in [-0.2, -0.15) is 0 Å². The number of esters is 1. The Labute approximate surface area is 185 Å². The Morgan fingerprint density at radius 3 is 2.31 bits per heavy atom. The van der Waals surface area contributed by atoms with Crippen LogP contribution in [0.25, 0.3) is 22.3 Å². The molecule has 162 valence electrons. The van der Waals surface area contributed by atoms with Crippen LogP contribution in [0.5, 0.6) is 11.5 Å². The van der Waals surface area contributed by atoms with Crippen LogP contribution in [0, 0.1) is 6.92 Å². The Morgan fingerprint density at radius 1 is 0.938 bits per heavy atom. The molecule has 3 aromatic carbocycles. The number of rotatable bonds is 6. The van der Waals surface area contributed by atoms with Crippen LogP contribution >= 0.6 is 0 Å². The van der Waals surface area contributed by atoms with Crippen molar-refractivity contribution in [2.75, 3.05) is 14.2 Å². The van der Waals surface area contributed by atoms with Gasteiger partial charge in [-0.3, -0.25) is 4.79 Å². The quantitative estimate of drug-likeness (QED) is 0.394. The van der Waals surface area contributed by atoms with Gasteiger partial charge in [0, 0.05) is 5.56 Å². The third kappa shape index (κ3) is 4.21. The minimum Gasteiger partial charge on any atom is -0.497 e. The fourth-order valence-electron chi connectivity index (χ4n) is 3.36. The minimum atomic E-state index is -0.412. The van der Waals surface area contributed by atoms with Crippen molar-refractivity contribution >= 4 is 16.9 Å². The van der Waals surface area contributed by atoms with Crippen LogP contribution in [0.15, 0.2) is 75.9 Å². The molecule has 4 rings (SSSR count). The highest BCUT2D eigenvalue weighted by atomic mass is 16.5. The minimum absolute atomic E-state index is 0.128. The number of hydrogen-bond donors (Lipinski definition) is 0. The van der Waals surface area contributed by atoms with E-state index in [1.54, 1.807) is 49.6 Å². The summed E-state index contributed by atoms with van der Waals surface area (Å²) in [4.78, 5) is 24.9. The molecule has 0 spiro atoms. The van der Waals surface area contributed by atoms with Gasteiger partial charge in [0.25, 0.3) is 0 Å². The molecule has 0 aliphatic rings. The van der Waals surface area contributed by atoms with Gasteiger partial charge in [-0.15, -0.1) is 0 Å². The van der Waals surface area contributed by atoms with E-state index in [4.69, 9.17) is 18.6 Å². The largest absolute Gasteiger partial charge is 0.497 e. The molecule has 0 N–H and O–H groups in total. The van der Waals surface area contributed by atoms with Crippen LogP contribution < -0.4 is 14.9 Å². The molecule has 6 heteroatoms. The number of carbonyl (C=O) groups is 1. The zero-order valence-electron chi connectivity index (χ0n) is 18.0. The molecule has 0 fully saturated rings. The van der Waals surface area contributed by atoms with E-state index < -0.39 is 5.97 Å². The SMILES string of the molecule is COC(=O)c1ccc(COc2c(-c3ccc(OC)cc3)oc3cc(C)ccc3c2=O)cc1. The molecule has 0 saturated carbocycles. The average molecular weight is 430 g/mol. The van der Waals surface area contributed by atoms with E-state index in [9.17, 15) is 9.59 Å².